The summed E-state index contributed by atoms with van der Waals surface area (Å²) < 4.78 is 55.9. The number of nitro groups is 1. The van der Waals surface area contributed by atoms with Crippen molar-refractivity contribution in [2.75, 3.05) is 11.4 Å². The Hall–Kier alpha value is -5.07. The Morgan fingerprint density at radius 1 is 1.07 bits per heavy atom. The molecule has 216 valence electrons. The molecule has 0 fully saturated rings. The van der Waals surface area contributed by atoms with E-state index in [1.165, 1.54) is 17.0 Å². The number of aromatic nitrogens is 2. The number of likely N-dealkylation sites (N-methyl/N-ethyl adjacent to an activating group) is 1. The molecule has 13 heteroatoms. The number of rotatable bonds is 6. The third-order valence-corrected chi connectivity index (χ3v) is 7.10. The van der Waals surface area contributed by atoms with E-state index in [4.69, 9.17) is 0 Å². The van der Waals surface area contributed by atoms with E-state index in [1.54, 1.807) is 48.9 Å². The van der Waals surface area contributed by atoms with Gasteiger partial charge in [0.2, 0.25) is 5.82 Å². The van der Waals surface area contributed by atoms with Crippen LogP contribution in [0.3, 0.4) is 0 Å². The molecule has 0 spiro atoms. The Balaban J connectivity index is 1.70. The number of nitrogens with one attached hydrogen (secondary N) is 1. The van der Waals surface area contributed by atoms with E-state index in [0.29, 0.717) is 28.8 Å². The fourth-order valence-corrected chi connectivity index (χ4v) is 5.22. The van der Waals surface area contributed by atoms with Gasteiger partial charge in [-0.3, -0.25) is 24.6 Å². The van der Waals surface area contributed by atoms with Gasteiger partial charge in [-0.15, -0.1) is 0 Å². The van der Waals surface area contributed by atoms with Crippen LogP contribution in [0.2, 0.25) is 0 Å². The third kappa shape index (κ3) is 4.97. The van der Waals surface area contributed by atoms with Crippen molar-refractivity contribution in [3.63, 3.8) is 0 Å². The fourth-order valence-electron chi connectivity index (χ4n) is 5.22. The predicted octanol–water partition coefficient (Wildman–Crippen LogP) is 5.54. The molecule has 0 saturated heterocycles. The number of halogens is 4. The van der Waals surface area contributed by atoms with Crippen molar-refractivity contribution < 1.29 is 32.1 Å². The van der Waals surface area contributed by atoms with Gasteiger partial charge in [0.1, 0.15) is 11.9 Å². The molecule has 1 aliphatic heterocycles. The molecule has 1 aromatic heterocycles. The smallest absolute Gasteiger partial charge is 0.339 e. The number of nitrogens with zero attached hydrogens (tertiary/aromatic N) is 4. The summed E-state index contributed by atoms with van der Waals surface area (Å²) in [4.78, 5) is 39.5. The Bertz CT molecular complexity index is 1700. The largest absolute Gasteiger partial charge is 0.416 e. The number of aryl methyl sites for hydroxylation is 1. The maximum Gasteiger partial charge on any atom is 0.416 e. The van der Waals surface area contributed by atoms with Gasteiger partial charge in [-0.2, -0.15) is 22.7 Å². The lowest BCUT2D eigenvalue weighted by Gasteiger charge is -2.38. The van der Waals surface area contributed by atoms with E-state index in [0.717, 1.165) is 24.3 Å². The van der Waals surface area contributed by atoms with Crippen molar-refractivity contribution in [3.8, 4) is 5.69 Å². The summed E-state index contributed by atoms with van der Waals surface area (Å²) in [6.45, 7) is 3.50. The normalized spacial score (nSPS) is 16.7. The summed E-state index contributed by atoms with van der Waals surface area (Å²) in [5.41, 5.74) is -0.608. The Morgan fingerprint density at radius 2 is 1.79 bits per heavy atom. The number of benzene rings is 3. The standard InChI is InChI=1S/C29H23F4N5O4/c1-3-36-27-23(16(2)35-37(27)20-10-5-4-6-11-20)24(17-12-13-21(30)22(15-17)38(41)42)25(28(36)40)34-26(39)18-8-7-9-19(14-18)29(31,32)33/h4-15,24-25H,3H2,1-2H3,(H,34,39). The van der Waals surface area contributed by atoms with Crippen LogP contribution in [0, 0.1) is 22.9 Å². The van der Waals surface area contributed by atoms with Gasteiger partial charge in [0, 0.05) is 29.7 Å². The van der Waals surface area contributed by atoms with Crippen molar-refractivity contribution in [1.29, 1.82) is 0 Å². The van der Waals surface area contributed by atoms with Crippen LogP contribution in [0.4, 0.5) is 29.1 Å². The number of amides is 2. The number of nitro benzene ring substituents is 1. The fraction of sp³-hybridized carbons (Fsp3) is 0.207. The van der Waals surface area contributed by atoms with E-state index in [9.17, 15) is 37.3 Å². The molecular weight excluding hydrogens is 558 g/mol. The SMILES string of the molecule is CCN1C(=O)C(NC(=O)c2cccc(C(F)(F)F)c2)C(c2ccc(F)c([N+](=O)[O-])c2)c2c(C)nn(-c3ccccc3)c21. The Kier molecular flexibility index (Phi) is 7.27. The van der Waals surface area contributed by atoms with Gasteiger partial charge in [-0.1, -0.05) is 30.3 Å². The Labute approximate surface area is 236 Å². The van der Waals surface area contributed by atoms with E-state index in [1.807, 2.05) is 0 Å². The minimum absolute atomic E-state index is 0.135. The molecular formula is C29H23F4N5O4. The lowest BCUT2D eigenvalue weighted by Crippen LogP contribution is -2.55. The van der Waals surface area contributed by atoms with Crippen LogP contribution >= 0.6 is 0 Å². The molecule has 2 heterocycles. The number of hydrogen-bond acceptors (Lipinski definition) is 5. The average molecular weight is 582 g/mol. The highest BCUT2D eigenvalue weighted by atomic mass is 19.4. The molecule has 0 radical (unpaired) electrons. The molecule has 3 aromatic carbocycles. The second-order valence-corrected chi connectivity index (χ2v) is 9.63. The number of fused-ring (bicyclic) bond motifs is 1. The van der Waals surface area contributed by atoms with E-state index in [-0.39, 0.29) is 17.7 Å². The highest BCUT2D eigenvalue weighted by molar-refractivity contribution is 6.05. The van der Waals surface area contributed by atoms with Crippen LogP contribution < -0.4 is 10.2 Å². The van der Waals surface area contributed by atoms with Gasteiger partial charge < -0.3 is 5.32 Å². The molecule has 4 aromatic rings. The third-order valence-electron chi connectivity index (χ3n) is 7.10. The minimum Gasteiger partial charge on any atom is -0.339 e. The first kappa shape index (κ1) is 28.5. The lowest BCUT2D eigenvalue weighted by molar-refractivity contribution is -0.387. The molecule has 2 amide bonds. The van der Waals surface area contributed by atoms with Crippen LogP contribution in [-0.2, 0) is 11.0 Å². The number of carbonyl (C=O) groups excluding carboxylic acids is 2. The number of hydrogen-bond donors (Lipinski definition) is 1. The zero-order valence-corrected chi connectivity index (χ0v) is 22.2. The highest BCUT2D eigenvalue weighted by Gasteiger charge is 2.46. The number of alkyl halides is 3. The molecule has 0 aliphatic carbocycles. The quantitative estimate of drug-likeness (QED) is 0.183. The summed E-state index contributed by atoms with van der Waals surface area (Å²) in [5.74, 6) is -3.43. The van der Waals surface area contributed by atoms with Crippen LogP contribution in [-0.4, -0.2) is 39.1 Å². The molecule has 0 saturated carbocycles. The lowest BCUT2D eigenvalue weighted by atomic mass is 9.80. The zero-order valence-electron chi connectivity index (χ0n) is 22.2. The molecule has 42 heavy (non-hydrogen) atoms. The first-order chi connectivity index (χ1) is 19.9. The molecule has 5 rings (SSSR count). The summed E-state index contributed by atoms with van der Waals surface area (Å²) in [7, 11) is 0. The van der Waals surface area contributed by atoms with Crippen molar-refractivity contribution in [3.05, 3.63) is 117 Å². The zero-order chi connectivity index (χ0) is 30.3. The summed E-state index contributed by atoms with van der Waals surface area (Å²) in [5, 5.41) is 18.8. The molecule has 2 unspecified atom stereocenters. The summed E-state index contributed by atoms with van der Waals surface area (Å²) >= 11 is 0. The van der Waals surface area contributed by atoms with E-state index < -0.39 is 51.9 Å². The molecule has 2 atom stereocenters. The summed E-state index contributed by atoms with van der Waals surface area (Å²) in [6.07, 6.45) is -4.70. The maximum absolute atomic E-state index is 14.3. The minimum atomic E-state index is -4.70. The van der Waals surface area contributed by atoms with Crippen LogP contribution in [0.25, 0.3) is 5.69 Å². The first-order valence-corrected chi connectivity index (χ1v) is 12.8. The van der Waals surface area contributed by atoms with Gasteiger partial charge in [0.25, 0.3) is 11.8 Å². The topological polar surface area (TPSA) is 110 Å². The second kappa shape index (κ2) is 10.7. The van der Waals surface area contributed by atoms with Crippen molar-refractivity contribution >= 4 is 23.3 Å². The average Bonchev–Trinajstić information content (AvgIpc) is 3.30. The van der Waals surface area contributed by atoms with E-state index in [2.05, 4.69) is 10.4 Å². The van der Waals surface area contributed by atoms with Crippen LogP contribution in [0.1, 0.15) is 45.6 Å². The molecule has 1 aliphatic rings. The summed E-state index contributed by atoms with van der Waals surface area (Å²) in [6, 6.07) is 14.4. The number of anilines is 1. The molecule has 0 bridgehead atoms. The van der Waals surface area contributed by atoms with Gasteiger partial charge >= 0.3 is 11.9 Å². The number of para-hydroxylation sites is 1. The highest BCUT2D eigenvalue weighted by Crippen LogP contribution is 2.44. The van der Waals surface area contributed by atoms with Gasteiger partial charge in [0.15, 0.2) is 0 Å². The monoisotopic (exact) mass is 581 g/mol. The first-order valence-electron chi connectivity index (χ1n) is 12.8. The van der Waals surface area contributed by atoms with E-state index >= 15 is 0 Å². The second-order valence-electron chi connectivity index (χ2n) is 9.63. The molecule has 9 nitrogen and oxygen atoms in total. The number of carbonyl (C=O) groups is 2. The van der Waals surface area contributed by atoms with Crippen molar-refractivity contribution in [2.45, 2.75) is 32.0 Å². The van der Waals surface area contributed by atoms with Crippen LogP contribution in [0.15, 0.2) is 72.8 Å². The van der Waals surface area contributed by atoms with Crippen molar-refractivity contribution in [2.24, 2.45) is 0 Å². The Morgan fingerprint density at radius 3 is 2.43 bits per heavy atom. The predicted molar refractivity (Wildman–Crippen MR) is 144 cm³/mol. The van der Waals surface area contributed by atoms with Crippen molar-refractivity contribution in [1.82, 2.24) is 15.1 Å². The van der Waals surface area contributed by atoms with Gasteiger partial charge in [-0.05, 0) is 55.8 Å². The van der Waals surface area contributed by atoms with Gasteiger partial charge in [0.05, 0.1) is 21.9 Å². The maximum atomic E-state index is 14.3. The van der Waals surface area contributed by atoms with Crippen LogP contribution in [0.5, 0.6) is 0 Å². The molecule has 1 N–H and O–H groups in total. The van der Waals surface area contributed by atoms with Gasteiger partial charge in [-0.25, -0.2) is 4.68 Å².